The Morgan fingerprint density at radius 1 is 1.40 bits per heavy atom. The summed E-state index contributed by atoms with van der Waals surface area (Å²) in [4.78, 5) is 0. The summed E-state index contributed by atoms with van der Waals surface area (Å²) in [5.74, 6) is -1.07. The summed E-state index contributed by atoms with van der Waals surface area (Å²) in [6.07, 6.45) is 0.622. The Morgan fingerprint density at radius 3 is 2.80 bits per heavy atom. The Hall–Kier alpha value is -0.960. The number of hydrogen-bond donors (Lipinski definition) is 1. The number of hydrogen-bond acceptors (Lipinski definition) is 1. The Bertz CT molecular complexity index is 376. The molecule has 0 saturated carbocycles. The Kier molecular flexibility index (Phi) is 2.74. The maximum absolute atomic E-state index is 13.5. The molecule has 1 aliphatic carbocycles. The lowest BCUT2D eigenvalue weighted by molar-refractivity contribution is 0.425. The molecular weight excluding hydrogens is 196 g/mol. The van der Waals surface area contributed by atoms with Gasteiger partial charge in [0.1, 0.15) is 0 Å². The van der Waals surface area contributed by atoms with Gasteiger partial charge < -0.3 is 5.32 Å². The number of fused-ring (bicyclic) bond motifs is 1. The fourth-order valence-corrected chi connectivity index (χ4v) is 2.38. The highest BCUT2D eigenvalue weighted by molar-refractivity contribution is 5.37. The van der Waals surface area contributed by atoms with E-state index in [1.54, 1.807) is 6.07 Å². The summed E-state index contributed by atoms with van der Waals surface area (Å²) < 4.78 is 26.5. The molecule has 0 aromatic heterocycles. The summed E-state index contributed by atoms with van der Waals surface area (Å²) in [5, 5.41) is 3.31. The van der Waals surface area contributed by atoms with Crippen molar-refractivity contribution in [1.29, 1.82) is 0 Å². The van der Waals surface area contributed by atoms with Crippen molar-refractivity contribution >= 4 is 0 Å². The highest BCUT2D eigenvalue weighted by Gasteiger charge is 2.31. The Balaban J connectivity index is 2.42. The van der Waals surface area contributed by atoms with Crippen molar-refractivity contribution in [1.82, 2.24) is 5.32 Å². The van der Waals surface area contributed by atoms with Crippen molar-refractivity contribution in [2.75, 3.05) is 6.54 Å². The van der Waals surface area contributed by atoms with Crippen LogP contribution in [0.15, 0.2) is 12.1 Å². The summed E-state index contributed by atoms with van der Waals surface area (Å²) >= 11 is 0. The van der Waals surface area contributed by atoms with E-state index in [1.165, 1.54) is 6.07 Å². The molecule has 1 aliphatic rings. The number of halogens is 2. The zero-order valence-electron chi connectivity index (χ0n) is 8.98. The minimum absolute atomic E-state index is 0.167. The molecule has 1 aromatic carbocycles. The van der Waals surface area contributed by atoms with Gasteiger partial charge in [-0.05, 0) is 36.1 Å². The SMILES string of the molecule is CCNC1c2ccc(F)c(F)c2CC1C. The lowest BCUT2D eigenvalue weighted by Crippen LogP contribution is -2.23. The summed E-state index contributed by atoms with van der Waals surface area (Å²) in [5.41, 5.74) is 1.47. The normalized spacial score (nSPS) is 24.3. The smallest absolute Gasteiger partial charge is 0.162 e. The van der Waals surface area contributed by atoms with Crippen molar-refractivity contribution in [3.63, 3.8) is 0 Å². The quantitative estimate of drug-likeness (QED) is 0.793. The molecule has 0 aliphatic heterocycles. The van der Waals surface area contributed by atoms with Gasteiger partial charge in [0.2, 0.25) is 0 Å². The van der Waals surface area contributed by atoms with E-state index in [-0.39, 0.29) is 6.04 Å². The Morgan fingerprint density at radius 2 is 2.13 bits per heavy atom. The molecule has 0 radical (unpaired) electrons. The van der Waals surface area contributed by atoms with Crippen LogP contribution in [0.2, 0.25) is 0 Å². The van der Waals surface area contributed by atoms with Gasteiger partial charge >= 0.3 is 0 Å². The largest absolute Gasteiger partial charge is 0.310 e. The molecule has 0 fully saturated rings. The molecule has 2 rings (SSSR count). The first kappa shape index (κ1) is 10.6. The van der Waals surface area contributed by atoms with E-state index < -0.39 is 11.6 Å². The molecule has 0 amide bonds. The second-order valence-electron chi connectivity index (χ2n) is 4.15. The van der Waals surface area contributed by atoms with E-state index in [4.69, 9.17) is 0 Å². The first-order valence-electron chi connectivity index (χ1n) is 5.35. The third kappa shape index (κ3) is 1.65. The van der Waals surface area contributed by atoms with E-state index in [9.17, 15) is 8.78 Å². The molecule has 1 N–H and O–H groups in total. The molecule has 0 saturated heterocycles. The molecule has 2 unspecified atom stereocenters. The lowest BCUT2D eigenvalue weighted by Gasteiger charge is -2.17. The molecule has 0 heterocycles. The third-order valence-electron chi connectivity index (χ3n) is 3.09. The monoisotopic (exact) mass is 211 g/mol. The predicted octanol–water partition coefficient (Wildman–Crippen LogP) is 2.81. The van der Waals surface area contributed by atoms with Gasteiger partial charge in [-0.1, -0.05) is 19.9 Å². The van der Waals surface area contributed by atoms with Gasteiger partial charge in [-0.3, -0.25) is 0 Å². The van der Waals surface area contributed by atoms with Crippen LogP contribution in [0.3, 0.4) is 0 Å². The molecule has 2 atom stereocenters. The van der Waals surface area contributed by atoms with Crippen LogP contribution < -0.4 is 5.32 Å². The van der Waals surface area contributed by atoms with Crippen LogP contribution in [0, 0.1) is 17.6 Å². The molecule has 1 nitrogen and oxygen atoms in total. The maximum Gasteiger partial charge on any atom is 0.162 e. The van der Waals surface area contributed by atoms with Crippen LogP contribution in [0.1, 0.15) is 31.0 Å². The molecule has 1 aromatic rings. The Labute approximate surface area is 88.5 Å². The zero-order valence-corrected chi connectivity index (χ0v) is 8.98. The fraction of sp³-hybridized carbons (Fsp3) is 0.500. The second-order valence-corrected chi connectivity index (χ2v) is 4.15. The van der Waals surface area contributed by atoms with Gasteiger partial charge in [0.05, 0.1) is 0 Å². The predicted molar refractivity (Wildman–Crippen MR) is 55.6 cm³/mol. The summed E-state index contributed by atoms with van der Waals surface area (Å²) in [6, 6.07) is 3.08. The average molecular weight is 211 g/mol. The third-order valence-corrected chi connectivity index (χ3v) is 3.09. The van der Waals surface area contributed by atoms with E-state index >= 15 is 0 Å². The van der Waals surface area contributed by atoms with Crippen molar-refractivity contribution in [3.05, 3.63) is 34.9 Å². The van der Waals surface area contributed by atoms with Crippen LogP contribution in [0.4, 0.5) is 8.78 Å². The standard InChI is InChI=1S/C12H15F2N/c1-3-15-12-7(2)6-9-8(12)4-5-10(13)11(9)14/h4-5,7,12,15H,3,6H2,1-2H3. The maximum atomic E-state index is 13.5. The highest BCUT2D eigenvalue weighted by atomic mass is 19.2. The van der Waals surface area contributed by atoms with E-state index in [0.717, 1.165) is 12.1 Å². The topological polar surface area (TPSA) is 12.0 Å². The van der Waals surface area contributed by atoms with Crippen LogP contribution in [0.5, 0.6) is 0 Å². The van der Waals surface area contributed by atoms with E-state index in [0.29, 0.717) is 17.9 Å². The average Bonchev–Trinajstić information content (AvgIpc) is 2.52. The second kappa shape index (κ2) is 3.89. The first-order valence-corrected chi connectivity index (χ1v) is 5.35. The fourth-order valence-electron chi connectivity index (χ4n) is 2.38. The molecule has 15 heavy (non-hydrogen) atoms. The summed E-state index contributed by atoms with van der Waals surface area (Å²) in [6.45, 7) is 4.92. The van der Waals surface area contributed by atoms with Gasteiger partial charge in [0.15, 0.2) is 11.6 Å². The van der Waals surface area contributed by atoms with Gasteiger partial charge in [0, 0.05) is 6.04 Å². The zero-order chi connectivity index (χ0) is 11.0. The van der Waals surface area contributed by atoms with Gasteiger partial charge in [-0.15, -0.1) is 0 Å². The first-order chi connectivity index (χ1) is 7.15. The minimum Gasteiger partial charge on any atom is -0.310 e. The number of benzene rings is 1. The van der Waals surface area contributed by atoms with Crippen LogP contribution >= 0.6 is 0 Å². The molecule has 0 bridgehead atoms. The number of nitrogens with one attached hydrogen (secondary N) is 1. The van der Waals surface area contributed by atoms with Gasteiger partial charge in [0.25, 0.3) is 0 Å². The summed E-state index contributed by atoms with van der Waals surface area (Å²) in [7, 11) is 0. The lowest BCUT2D eigenvalue weighted by atomic mass is 10.0. The van der Waals surface area contributed by atoms with Crippen molar-refractivity contribution < 1.29 is 8.78 Å². The van der Waals surface area contributed by atoms with E-state index in [2.05, 4.69) is 12.2 Å². The van der Waals surface area contributed by atoms with Crippen molar-refractivity contribution in [3.8, 4) is 0 Å². The van der Waals surface area contributed by atoms with Gasteiger partial charge in [-0.25, -0.2) is 8.78 Å². The van der Waals surface area contributed by atoms with Crippen molar-refractivity contribution in [2.24, 2.45) is 5.92 Å². The molecular formula is C12H15F2N. The van der Waals surface area contributed by atoms with Crippen LogP contribution in [-0.2, 0) is 6.42 Å². The highest BCUT2D eigenvalue weighted by Crippen LogP contribution is 2.37. The van der Waals surface area contributed by atoms with Crippen LogP contribution in [-0.4, -0.2) is 6.54 Å². The molecule has 0 spiro atoms. The van der Waals surface area contributed by atoms with Gasteiger partial charge in [-0.2, -0.15) is 0 Å². The van der Waals surface area contributed by atoms with Crippen LogP contribution in [0.25, 0.3) is 0 Å². The van der Waals surface area contributed by atoms with E-state index in [1.807, 2.05) is 6.92 Å². The molecule has 82 valence electrons. The number of rotatable bonds is 2. The minimum atomic E-state index is -0.738. The van der Waals surface area contributed by atoms with Crippen molar-refractivity contribution in [2.45, 2.75) is 26.3 Å². The molecule has 3 heteroatoms.